The average molecular weight is 662 g/mol. The normalized spacial score (nSPS) is 25.1. The number of aliphatic carboxylic acids is 1. The Labute approximate surface area is 273 Å². The van der Waals surface area contributed by atoms with Crippen molar-refractivity contribution >= 4 is 39.5 Å². The Hall–Kier alpha value is -4.58. The largest absolute Gasteiger partial charge is 0.480 e. The van der Waals surface area contributed by atoms with E-state index in [1.54, 1.807) is 30.5 Å². The SMILES string of the molecule is C[C@@H]1N(c2cc(C#CC3CCOC3)cnc2O[C@H]2C[C@@H](C(=O)O)N(c3nc(C(F)F)nc4c3oc3ccccc34)C2)CCOC12COC2. The van der Waals surface area contributed by atoms with E-state index in [0.717, 1.165) is 6.42 Å². The van der Waals surface area contributed by atoms with Gasteiger partial charge in [-0.25, -0.2) is 28.5 Å². The number of hydrogen-bond acceptors (Lipinski definition) is 11. The van der Waals surface area contributed by atoms with Crippen molar-refractivity contribution in [1.29, 1.82) is 0 Å². The third kappa shape index (κ3) is 5.35. The number of carboxylic acids is 1. The highest BCUT2D eigenvalue weighted by Crippen LogP contribution is 2.41. The van der Waals surface area contributed by atoms with Gasteiger partial charge in [0.25, 0.3) is 6.43 Å². The molecule has 4 atom stereocenters. The molecule has 48 heavy (non-hydrogen) atoms. The van der Waals surface area contributed by atoms with Gasteiger partial charge in [-0.1, -0.05) is 24.0 Å². The number of anilines is 2. The lowest BCUT2D eigenvalue weighted by Gasteiger charge is -2.53. The summed E-state index contributed by atoms with van der Waals surface area (Å²) >= 11 is 0. The van der Waals surface area contributed by atoms with E-state index in [-0.39, 0.29) is 41.8 Å². The molecule has 4 aliphatic heterocycles. The van der Waals surface area contributed by atoms with E-state index in [1.165, 1.54) is 4.90 Å². The Kier molecular flexibility index (Phi) is 7.77. The van der Waals surface area contributed by atoms with Gasteiger partial charge in [0.2, 0.25) is 5.88 Å². The van der Waals surface area contributed by atoms with E-state index in [2.05, 4.69) is 33.6 Å². The van der Waals surface area contributed by atoms with E-state index in [4.69, 9.17) is 28.3 Å². The van der Waals surface area contributed by atoms with Crippen LogP contribution in [0.1, 0.15) is 37.6 Å². The van der Waals surface area contributed by atoms with Crippen LogP contribution in [-0.2, 0) is 19.0 Å². The van der Waals surface area contributed by atoms with Crippen LogP contribution in [-0.4, -0.2) is 95.9 Å². The second-order valence-electron chi connectivity index (χ2n) is 12.6. The Morgan fingerprint density at radius 3 is 2.77 bits per heavy atom. The van der Waals surface area contributed by atoms with Crippen LogP contribution in [0.3, 0.4) is 0 Å². The number of aromatic nitrogens is 3. The van der Waals surface area contributed by atoms with Crippen LogP contribution in [0.2, 0.25) is 0 Å². The highest BCUT2D eigenvalue weighted by molar-refractivity contribution is 6.06. The number of para-hydroxylation sites is 1. The number of benzene rings is 1. The predicted octanol–water partition coefficient (Wildman–Crippen LogP) is 4.20. The van der Waals surface area contributed by atoms with Gasteiger partial charge < -0.3 is 38.3 Å². The monoisotopic (exact) mass is 661 g/mol. The Balaban J connectivity index is 1.14. The molecule has 0 bridgehead atoms. The van der Waals surface area contributed by atoms with Gasteiger partial charge in [-0.05, 0) is 31.5 Å². The molecule has 1 unspecified atom stereocenters. The molecule has 3 aromatic heterocycles. The fourth-order valence-corrected chi connectivity index (χ4v) is 6.94. The van der Waals surface area contributed by atoms with E-state index >= 15 is 0 Å². The molecule has 250 valence electrons. The lowest BCUT2D eigenvalue weighted by atomic mass is 9.90. The lowest BCUT2D eigenvalue weighted by Crippen LogP contribution is -2.68. The third-order valence-electron chi connectivity index (χ3n) is 9.65. The van der Waals surface area contributed by atoms with Crippen LogP contribution in [0.4, 0.5) is 20.3 Å². The standard InChI is InChI=1S/C34H33F2N5O7/c1-19-34(17-45-18-34)46-11-9-40(19)24-12-21(7-6-20-8-10-44-16-20)14-37-32(24)47-22-13-25(33(42)43)41(15-22)31-28-27(38-30(39-31)29(35)36)23-4-2-3-5-26(23)48-28/h2-5,12,14,19-20,22,25,29H,8-11,13,15-18H2,1H3,(H,42,43)/t19-,20?,22-,25-/m0/s1. The van der Waals surface area contributed by atoms with Crippen LogP contribution in [0.5, 0.6) is 5.88 Å². The molecule has 4 saturated heterocycles. The van der Waals surface area contributed by atoms with E-state index in [9.17, 15) is 18.7 Å². The van der Waals surface area contributed by atoms with Gasteiger partial charge in [-0.15, -0.1) is 0 Å². The molecule has 1 aromatic carbocycles. The minimum Gasteiger partial charge on any atom is -0.480 e. The number of furan rings is 1. The number of nitrogens with zero attached hydrogens (tertiary/aromatic N) is 5. The number of rotatable bonds is 6. The molecule has 0 saturated carbocycles. The number of fused-ring (bicyclic) bond motifs is 3. The number of morpholine rings is 1. The summed E-state index contributed by atoms with van der Waals surface area (Å²) in [5.41, 5.74) is 1.73. The molecule has 8 rings (SSSR count). The first-order valence-electron chi connectivity index (χ1n) is 16.0. The van der Waals surface area contributed by atoms with Crippen LogP contribution in [0.15, 0.2) is 40.9 Å². The zero-order valence-corrected chi connectivity index (χ0v) is 26.1. The molecule has 4 fully saturated rings. The minimum atomic E-state index is -2.98. The predicted molar refractivity (Wildman–Crippen MR) is 168 cm³/mol. The number of alkyl halides is 2. The molecule has 12 nitrogen and oxygen atoms in total. The van der Waals surface area contributed by atoms with Crippen molar-refractivity contribution in [3.05, 3.63) is 47.9 Å². The average Bonchev–Trinajstić information content (AvgIpc) is 3.82. The van der Waals surface area contributed by atoms with Gasteiger partial charge in [0.05, 0.1) is 39.0 Å². The minimum absolute atomic E-state index is 0.0200. The Bertz CT molecular complexity index is 1930. The molecule has 1 spiro atoms. The summed E-state index contributed by atoms with van der Waals surface area (Å²) in [6.45, 7) is 5.41. The fraction of sp³-hybridized carbons (Fsp3) is 0.471. The Morgan fingerprint density at radius 2 is 2.02 bits per heavy atom. The summed E-state index contributed by atoms with van der Waals surface area (Å²) in [6, 6.07) is 7.66. The number of carboxylic acid groups (broad SMARTS) is 1. The van der Waals surface area contributed by atoms with E-state index in [1.807, 2.05) is 6.07 Å². The first-order chi connectivity index (χ1) is 23.3. The maximum Gasteiger partial charge on any atom is 0.326 e. The number of hydrogen-bond donors (Lipinski definition) is 1. The molecule has 14 heteroatoms. The molecule has 0 radical (unpaired) electrons. The molecular weight excluding hydrogens is 628 g/mol. The molecule has 7 heterocycles. The van der Waals surface area contributed by atoms with Crippen LogP contribution in [0.25, 0.3) is 22.1 Å². The Morgan fingerprint density at radius 1 is 1.17 bits per heavy atom. The maximum absolute atomic E-state index is 14.0. The van der Waals surface area contributed by atoms with Crippen molar-refractivity contribution in [2.45, 2.75) is 50.0 Å². The highest BCUT2D eigenvalue weighted by Gasteiger charge is 2.50. The van der Waals surface area contributed by atoms with E-state index < -0.39 is 36.0 Å². The molecule has 4 aliphatic rings. The van der Waals surface area contributed by atoms with Gasteiger partial charge in [0, 0.05) is 42.6 Å². The van der Waals surface area contributed by atoms with Crippen LogP contribution < -0.4 is 14.5 Å². The second kappa shape index (κ2) is 12.1. The van der Waals surface area contributed by atoms with Gasteiger partial charge >= 0.3 is 5.97 Å². The number of ether oxygens (including phenoxy) is 4. The summed E-state index contributed by atoms with van der Waals surface area (Å²) in [7, 11) is 0. The maximum atomic E-state index is 14.0. The first-order valence-corrected chi connectivity index (χ1v) is 16.0. The topological polar surface area (TPSA) is 133 Å². The summed E-state index contributed by atoms with van der Waals surface area (Å²) in [5, 5.41) is 10.8. The first kappa shape index (κ1) is 30.7. The molecule has 1 N–H and O–H groups in total. The quantitative estimate of drug-likeness (QED) is 0.297. The summed E-state index contributed by atoms with van der Waals surface area (Å²) in [5.74, 6) is 5.12. The number of carbonyl (C=O) groups is 1. The van der Waals surface area contributed by atoms with Crippen molar-refractivity contribution in [3.8, 4) is 17.7 Å². The molecule has 0 amide bonds. The zero-order chi connectivity index (χ0) is 33.0. The van der Waals surface area contributed by atoms with Crippen molar-refractivity contribution < 1.29 is 42.0 Å². The molecule has 0 aliphatic carbocycles. The van der Waals surface area contributed by atoms with Gasteiger partial charge in [0.1, 0.15) is 34.5 Å². The smallest absolute Gasteiger partial charge is 0.326 e. The van der Waals surface area contributed by atoms with Gasteiger partial charge in [-0.3, -0.25) is 0 Å². The van der Waals surface area contributed by atoms with Crippen molar-refractivity contribution in [1.82, 2.24) is 15.0 Å². The van der Waals surface area contributed by atoms with E-state index in [0.29, 0.717) is 67.7 Å². The molecular formula is C34H33F2N5O7. The van der Waals surface area contributed by atoms with Gasteiger partial charge in [0.15, 0.2) is 17.2 Å². The summed E-state index contributed by atoms with van der Waals surface area (Å²) < 4.78 is 57.8. The van der Waals surface area contributed by atoms with Gasteiger partial charge in [-0.2, -0.15) is 0 Å². The fourth-order valence-electron chi connectivity index (χ4n) is 6.94. The summed E-state index contributed by atoms with van der Waals surface area (Å²) in [6.07, 6.45) is -1.08. The highest BCUT2D eigenvalue weighted by atomic mass is 19.3. The van der Waals surface area contributed by atoms with Crippen molar-refractivity contribution in [2.75, 3.05) is 55.9 Å². The van der Waals surface area contributed by atoms with Crippen molar-refractivity contribution in [2.24, 2.45) is 5.92 Å². The lowest BCUT2D eigenvalue weighted by molar-refractivity contribution is -0.228. The zero-order valence-electron chi connectivity index (χ0n) is 26.1. The number of halogens is 2. The second-order valence-corrected chi connectivity index (χ2v) is 12.6. The van der Waals surface area contributed by atoms with Crippen LogP contribution in [0, 0.1) is 17.8 Å². The van der Waals surface area contributed by atoms with Crippen LogP contribution >= 0.6 is 0 Å². The number of pyridine rings is 1. The van der Waals surface area contributed by atoms with Crippen molar-refractivity contribution in [3.63, 3.8) is 0 Å². The summed E-state index contributed by atoms with van der Waals surface area (Å²) in [4.78, 5) is 29.1. The molecule has 4 aromatic rings. The third-order valence-corrected chi connectivity index (χ3v) is 9.65.